The van der Waals surface area contributed by atoms with Crippen LogP contribution in [0.4, 0.5) is 10.5 Å². The molecule has 1 saturated heterocycles. The van der Waals surface area contributed by atoms with E-state index in [0.717, 1.165) is 12.0 Å². The van der Waals surface area contributed by atoms with Gasteiger partial charge in [-0.1, -0.05) is 6.07 Å². The monoisotopic (exact) mass is 289 g/mol. The molecule has 1 N–H and O–H groups in total. The van der Waals surface area contributed by atoms with Crippen LogP contribution in [0.15, 0.2) is 18.2 Å². The number of carbonyl (C=O) groups is 2. The second kappa shape index (κ2) is 4.76. The van der Waals surface area contributed by atoms with Gasteiger partial charge in [0.05, 0.1) is 6.42 Å². The third-order valence-corrected chi connectivity index (χ3v) is 3.70. The summed E-state index contributed by atoms with van der Waals surface area (Å²) >= 11 is 0. The van der Waals surface area contributed by atoms with E-state index in [-0.39, 0.29) is 18.0 Å². The van der Waals surface area contributed by atoms with Crippen molar-refractivity contribution in [2.24, 2.45) is 5.92 Å². The number of benzene rings is 1. The van der Waals surface area contributed by atoms with Gasteiger partial charge in [0, 0.05) is 11.6 Å². The van der Waals surface area contributed by atoms with Crippen LogP contribution in [0.2, 0.25) is 0 Å². The van der Waals surface area contributed by atoms with E-state index in [1.54, 1.807) is 0 Å². The molecule has 1 aromatic carbocycles. The maximum Gasteiger partial charge on any atom is 0.412 e. The maximum atomic E-state index is 11.8. The van der Waals surface area contributed by atoms with E-state index in [4.69, 9.17) is 9.47 Å². The number of fused-ring (bicyclic) bond motifs is 3. The maximum absolute atomic E-state index is 11.8. The van der Waals surface area contributed by atoms with Crippen LogP contribution in [0, 0.1) is 5.92 Å². The quantitative estimate of drug-likeness (QED) is 0.806. The van der Waals surface area contributed by atoms with E-state index in [9.17, 15) is 9.59 Å². The molecule has 1 heterocycles. The van der Waals surface area contributed by atoms with Crippen molar-refractivity contribution in [3.63, 3.8) is 0 Å². The molecule has 0 bridgehead atoms. The number of hydrogen-bond donors (Lipinski definition) is 1. The highest BCUT2D eigenvalue weighted by atomic mass is 16.6. The SMILES string of the molecule is CC(C)(C)OC(=O)Nc1ccc2c(c1)[C@H]1OC(=O)C[C@H]1C2. The Morgan fingerprint density at radius 1 is 1.33 bits per heavy atom. The first kappa shape index (κ1) is 13.9. The van der Waals surface area contributed by atoms with Crippen LogP contribution in [0.1, 0.15) is 44.4 Å². The molecule has 0 unspecified atom stereocenters. The summed E-state index contributed by atoms with van der Waals surface area (Å²) in [6.45, 7) is 5.45. The Morgan fingerprint density at radius 3 is 2.81 bits per heavy atom. The number of anilines is 1. The van der Waals surface area contributed by atoms with Crippen molar-refractivity contribution in [1.82, 2.24) is 0 Å². The normalized spacial score (nSPS) is 23.3. The molecular formula is C16H19NO4. The summed E-state index contributed by atoms with van der Waals surface area (Å²) in [5.74, 6) is 0.102. The second-order valence-electron chi connectivity index (χ2n) is 6.62. The topological polar surface area (TPSA) is 64.6 Å². The van der Waals surface area contributed by atoms with Gasteiger partial charge in [0.1, 0.15) is 11.7 Å². The molecular weight excluding hydrogens is 270 g/mol. The Bertz CT molecular complexity index is 603. The molecule has 3 rings (SSSR count). The highest BCUT2D eigenvalue weighted by Gasteiger charge is 2.42. The van der Waals surface area contributed by atoms with Crippen LogP contribution in [0.5, 0.6) is 0 Å². The first-order valence-electron chi connectivity index (χ1n) is 7.14. The van der Waals surface area contributed by atoms with Gasteiger partial charge in [-0.2, -0.15) is 0 Å². The van der Waals surface area contributed by atoms with Gasteiger partial charge >= 0.3 is 12.1 Å². The van der Waals surface area contributed by atoms with E-state index in [1.807, 2.05) is 39.0 Å². The number of nitrogens with one attached hydrogen (secondary N) is 1. The Kier molecular flexibility index (Phi) is 3.15. The number of esters is 1. The molecule has 2 atom stereocenters. The molecule has 0 aromatic heterocycles. The fourth-order valence-corrected chi connectivity index (χ4v) is 2.93. The van der Waals surface area contributed by atoms with Gasteiger partial charge < -0.3 is 9.47 Å². The fraction of sp³-hybridized carbons (Fsp3) is 0.500. The summed E-state index contributed by atoms with van der Waals surface area (Å²) < 4.78 is 10.6. The lowest BCUT2D eigenvalue weighted by molar-refractivity contribution is -0.141. The Hall–Kier alpha value is -2.04. The first-order chi connectivity index (χ1) is 9.82. The average molecular weight is 289 g/mol. The summed E-state index contributed by atoms with van der Waals surface area (Å²) in [6, 6.07) is 5.71. The van der Waals surface area contributed by atoms with Crippen molar-refractivity contribution in [3.05, 3.63) is 29.3 Å². The molecule has 0 saturated carbocycles. The molecule has 1 amide bonds. The van der Waals surface area contributed by atoms with Crippen molar-refractivity contribution in [2.45, 2.75) is 45.3 Å². The van der Waals surface area contributed by atoms with Crippen LogP contribution in [-0.4, -0.2) is 17.7 Å². The molecule has 112 valence electrons. The predicted octanol–water partition coefficient (Wildman–Crippen LogP) is 3.19. The Labute approximate surface area is 123 Å². The molecule has 21 heavy (non-hydrogen) atoms. The van der Waals surface area contributed by atoms with Crippen LogP contribution in [0.25, 0.3) is 0 Å². The summed E-state index contributed by atoms with van der Waals surface area (Å²) in [6.07, 6.45) is 0.695. The van der Waals surface area contributed by atoms with Gasteiger partial charge in [-0.3, -0.25) is 10.1 Å². The fourth-order valence-electron chi connectivity index (χ4n) is 2.93. The van der Waals surface area contributed by atoms with Crippen molar-refractivity contribution in [2.75, 3.05) is 5.32 Å². The molecule has 5 heteroatoms. The van der Waals surface area contributed by atoms with Gasteiger partial charge in [-0.15, -0.1) is 0 Å². The van der Waals surface area contributed by atoms with Crippen LogP contribution in [-0.2, 0) is 20.7 Å². The Balaban J connectivity index is 1.75. The lowest BCUT2D eigenvalue weighted by Crippen LogP contribution is -2.27. The lowest BCUT2D eigenvalue weighted by atomic mass is 10.0. The summed E-state index contributed by atoms with van der Waals surface area (Å²) in [4.78, 5) is 23.2. The van der Waals surface area contributed by atoms with Crippen LogP contribution in [0.3, 0.4) is 0 Å². The van der Waals surface area contributed by atoms with Crippen molar-refractivity contribution >= 4 is 17.7 Å². The van der Waals surface area contributed by atoms with Gasteiger partial charge in [-0.05, 0) is 50.5 Å². The summed E-state index contributed by atoms with van der Waals surface area (Å²) in [7, 11) is 0. The largest absolute Gasteiger partial charge is 0.457 e. The third kappa shape index (κ3) is 2.86. The van der Waals surface area contributed by atoms with E-state index in [1.165, 1.54) is 5.56 Å². The van der Waals surface area contributed by atoms with Crippen LogP contribution >= 0.6 is 0 Å². The summed E-state index contributed by atoms with van der Waals surface area (Å²) in [5, 5.41) is 2.72. The van der Waals surface area contributed by atoms with Gasteiger partial charge in [-0.25, -0.2) is 4.79 Å². The molecule has 1 aliphatic heterocycles. The number of rotatable bonds is 1. The van der Waals surface area contributed by atoms with Crippen molar-refractivity contribution < 1.29 is 19.1 Å². The zero-order valence-electron chi connectivity index (χ0n) is 12.4. The highest BCUT2D eigenvalue weighted by Crippen LogP contribution is 2.45. The molecule has 0 spiro atoms. The van der Waals surface area contributed by atoms with E-state index >= 15 is 0 Å². The van der Waals surface area contributed by atoms with Gasteiger partial charge in [0.2, 0.25) is 0 Å². The van der Waals surface area contributed by atoms with Crippen LogP contribution < -0.4 is 5.32 Å². The Morgan fingerprint density at radius 2 is 2.10 bits per heavy atom. The number of carbonyl (C=O) groups excluding carboxylic acids is 2. The number of ether oxygens (including phenoxy) is 2. The highest BCUT2D eigenvalue weighted by molar-refractivity contribution is 5.85. The van der Waals surface area contributed by atoms with Gasteiger partial charge in [0.25, 0.3) is 0 Å². The minimum Gasteiger partial charge on any atom is -0.457 e. The second-order valence-corrected chi connectivity index (χ2v) is 6.62. The molecule has 5 nitrogen and oxygen atoms in total. The van der Waals surface area contributed by atoms with E-state index in [2.05, 4.69) is 5.32 Å². The molecule has 2 aliphatic rings. The molecule has 1 aliphatic carbocycles. The zero-order chi connectivity index (χ0) is 15.2. The average Bonchev–Trinajstić information content (AvgIpc) is 2.83. The molecule has 0 radical (unpaired) electrons. The van der Waals surface area contributed by atoms with Crippen molar-refractivity contribution in [3.8, 4) is 0 Å². The number of hydrogen-bond acceptors (Lipinski definition) is 4. The first-order valence-corrected chi connectivity index (χ1v) is 7.14. The van der Waals surface area contributed by atoms with Gasteiger partial charge in [0.15, 0.2) is 0 Å². The third-order valence-electron chi connectivity index (χ3n) is 3.70. The molecule has 1 aromatic rings. The minimum atomic E-state index is -0.535. The van der Waals surface area contributed by atoms with E-state index < -0.39 is 11.7 Å². The standard InChI is InChI=1S/C16H19NO4/c1-16(2,3)21-15(19)17-11-5-4-9-6-10-7-13(18)20-14(10)12(9)8-11/h4-5,8,10,14H,6-7H2,1-3H3,(H,17,19)/t10-,14+/m1/s1. The zero-order valence-corrected chi connectivity index (χ0v) is 12.4. The van der Waals surface area contributed by atoms with Crippen molar-refractivity contribution in [1.29, 1.82) is 0 Å². The smallest absolute Gasteiger partial charge is 0.412 e. The van der Waals surface area contributed by atoms with E-state index in [0.29, 0.717) is 12.1 Å². The minimum absolute atomic E-state index is 0.138. The summed E-state index contributed by atoms with van der Waals surface area (Å²) in [5.41, 5.74) is 2.31. The number of amides is 1. The molecule has 1 fully saturated rings. The predicted molar refractivity (Wildman–Crippen MR) is 76.9 cm³/mol. The lowest BCUT2D eigenvalue weighted by Gasteiger charge is -2.20.